The average Bonchev–Trinajstić information content (AvgIpc) is 3.32. The topological polar surface area (TPSA) is 78.0 Å². The lowest BCUT2D eigenvalue weighted by atomic mass is 10.1. The molecule has 4 heterocycles. The molecule has 27 heavy (non-hydrogen) atoms. The average molecular weight is 374 g/mol. The van der Waals surface area contributed by atoms with Gasteiger partial charge in [-0.2, -0.15) is 14.6 Å². The lowest BCUT2D eigenvalue weighted by Gasteiger charge is -2.06. The Bertz CT molecular complexity index is 1360. The zero-order valence-corrected chi connectivity index (χ0v) is 15.4. The smallest absolute Gasteiger partial charge is 0.268 e. The quantitative estimate of drug-likeness (QED) is 0.474. The molecule has 0 amide bonds. The zero-order valence-electron chi connectivity index (χ0n) is 14.6. The number of aromatic nitrogens is 6. The van der Waals surface area contributed by atoms with Crippen LogP contribution in [-0.4, -0.2) is 29.1 Å². The second-order valence-corrected chi connectivity index (χ2v) is 7.30. The molecule has 8 heteroatoms. The van der Waals surface area contributed by atoms with E-state index in [2.05, 4.69) is 51.2 Å². The predicted octanol–water partition coefficient (Wildman–Crippen LogP) is 3.17. The van der Waals surface area contributed by atoms with E-state index in [1.807, 2.05) is 13.0 Å². The molecule has 0 aliphatic rings. The monoisotopic (exact) mass is 374 g/mol. The Morgan fingerprint density at radius 2 is 1.85 bits per heavy atom. The van der Waals surface area contributed by atoms with E-state index in [1.165, 1.54) is 23.2 Å². The molecule has 0 aliphatic heterocycles. The van der Waals surface area contributed by atoms with E-state index in [0.717, 1.165) is 10.4 Å². The summed E-state index contributed by atoms with van der Waals surface area (Å²) in [6, 6.07) is 10.1. The lowest BCUT2D eigenvalue weighted by Crippen LogP contribution is -2.19. The summed E-state index contributed by atoms with van der Waals surface area (Å²) in [5.41, 5.74) is 3.43. The summed E-state index contributed by atoms with van der Waals surface area (Å²) in [4.78, 5) is 27.1. The highest BCUT2D eigenvalue weighted by molar-refractivity contribution is 7.17. The molecule has 0 radical (unpaired) electrons. The van der Waals surface area contributed by atoms with Crippen LogP contribution < -0.4 is 5.56 Å². The third kappa shape index (κ3) is 2.45. The molecule has 0 saturated heterocycles. The third-order valence-electron chi connectivity index (χ3n) is 4.49. The second-order valence-electron chi connectivity index (χ2n) is 6.29. The molecule has 5 rings (SSSR count). The molecular formula is C19H14N6OS. The number of nitrogens with zero attached hydrogens (tertiary/aromatic N) is 6. The Morgan fingerprint density at radius 1 is 1.04 bits per heavy atom. The Hall–Kier alpha value is -3.39. The Kier molecular flexibility index (Phi) is 3.41. The van der Waals surface area contributed by atoms with E-state index in [-0.39, 0.29) is 5.56 Å². The van der Waals surface area contributed by atoms with Gasteiger partial charge < -0.3 is 0 Å². The second kappa shape index (κ2) is 5.82. The number of rotatable bonds is 2. The van der Waals surface area contributed by atoms with Gasteiger partial charge in [0.15, 0.2) is 5.13 Å². The first-order valence-corrected chi connectivity index (χ1v) is 9.18. The summed E-state index contributed by atoms with van der Waals surface area (Å²) < 4.78 is 3.13. The molecule has 1 aromatic carbocycles. The number of pyridine rings is 1. The lowest BCUT2D eigenvalue weighted by molar-refractivity contribution is 0.943. The fourth-order valence-electron chi connectivity index (χ4n) is 3.11. The van der Waals surface area contributed by atoms with Crippen LogP contribution in [0.3, 0.4) is 0 Å². The Morgan fingerprint density at radius 3 is 2.67 bits per heavy atom. The van der Waals surface area contributed by atoms with Gasteiger partial charge in [0, 0.05) is 12.4 Å². The van der Waals surface area contributed by atoms with Gasteiger partial charge >= 0.3 is 0 Å². The maximum atomic E-state index is 13.1. The van der Waals surface area contributed by atoms with E-state index in [9.17, 15) is 4.79 Å². The number of hydrogen-bond donors (Lipinski definition) is 0. The summed E-state index contributed by atoms with van der Waals surface area (Å²) in [5, 5.41) is 5.30. The van der Waals surface area contributed by atoms with Crippen LogP contribution in [0.4, 0.5) is 0 Å². The van der Waals surface area contributed by atoms with Crippen LogP contribution in [0.1, 0.15) is 11.3 Å². The molecule has 5 aromatic rings. The summed E-state index contributed by atoms with van der Waals surface area (Å²) in [5.74, 6) is 0.480. The number of hydrogen-bond acceptors (Lipinski definition) is 6. The van der Waals surface area contributed by atoms with Gasteiger partial charge in [-0.3, -0.25) is 9.36 Å². The highest BCUT2D eigenvalue weighted by atomic mass is 32.1. The zero-order chi connectivity index (χ0) is 18.5. The maximum absolute atomic E-state index is 13.1. The summed E-state index contributed by atoms with van der Waals surface area (Å²) in [7, 11) is 0. The molecule has 0 unspecified atom stereocenters. The van der Waals surface area contributed by atoms with Crippen molar-refractivity contribution in [3.63, 3.8) is 0 Å². The van der Waals surface area contributed by atoms with Crippen molar-refractivity contribution in [2.75, 3.05) is 0 Å². The molecule has 4 aromatic heterocycles. The normalized spacial score (nSPS) is 11.5. The van der Waals surface area contributed by atoms with Crippen LogP contribution in [0.2, 0.25) is 0 Å². The van der Waals surface area contributed by atoms with Gasteiger partial charge in [-0.25, -0.2) is 9.97 Å². The van der Waals surface area contributed by atoms with E-state index in [4.69, 9.17) is 0 Å². The van der Waals surface area contributed by atoms with Crippen LogP contribution in [0.5, 0.6) is 0 Å². The number of benzene rings is 1. The minimum atomic E-state index is -0.167. The standard InChI is InChI=1S/C19H14N6OS/c1-11-3-5-13(6-4-11)15-9-20-19(27-15)24-8-7-14-16(17(24)26)12(2)23-18-21-10-22-25(14)18/h3-10H,1-2H3. The molecule has 0 fully saturated rings. The molecule has 0 bridgehead atoms. The fourth-order valence-corrected chi connectivity index (χ4v) is 4.01. The largest absolute Gasteiger partial charge is 0.268 e. The SMILES string of the molecule is Cc1ccc(-c2cnc(-n3ccc4c(c(C)nc5ncnn54)c3=O)s2)cc1. The summed E-state index contributed by atoms with van der Waals surface area (Å²) in [6.07, 6.45) is 4.96. The molecule has 0 spiro atoms. The minimum absolute atomic E-state index is 0.167. The van der Waals surface area contributed by atoms with Gasteiger partial charge in [-0.15, -0.1) is 0 Å². The van der Waals surface area contributed by atoms with Crippen molar-refractivity contribution in [3.8, 4) is 15.6 Å². The molecule has 0 N–H and O–H groups in total. The highest BCUT2D eigenvalue weighted by Crippen LogP contribution is 2.28. The van der Waals surface area contributed by atoms with Crippen molar-refractivity contribution in [2.24, 2.45) is 0 Å². The van der Waals surface area contributed by atoms with E-state index < -0.39 is 0 Å². The number of aryl methyl sites for hydroxylation is 2. The van der Waals surface area contributed by atoms with Crippen molar-refractivity contribution in [1.82, 2.24) is 29.1 Å². The molecular weight excluding hydrogens is 360 g/mol. The Balaban J connectivity index is 1.69. The van der Waals surface area contributed by atoms with E-state index in [0.29, 0.717) is 27.5 Å². The van der Waals surface area contributed by atoms with Gasteiger partial charge in [0.2, 0.25) is 0 Å². The van der Waals surface area contributed by atoms with Crippen LogP contribution in [0.25, 0.3) is 32.3 Å². The van der Waals surface area contributed by atoms with Crippen LogP contribution in [-0.2, 0) is 0 Å². The van der Waals surface area contributed by atoms with Gasteiger partial charge in [-0.1, -0.05) is 41.2 Å². The maximum Gasteiger partial charge on any atom is 0.268 e. The van der Waals surface area contributed by atoms with Crippen molar-refractivity contribution >= 4 is 28.0 Å². The third-order valence-corrected chi connectivity index (χ3v) is 5.54. The van der Waals surface area contributed by atoms with Crippen molar-refractivity contribution in [1.29, 1.82) is 0 Å². The van der Waals surface area contributed by atoms with Gasteiger partial charge in [-0.05, 0) is 25.5 Å². The minimum Gasteiger partial charge on any atom is -0.268 e. The van der Waals surface area contributed by atoms with Crippen LogP contribution in [0, 0.1) is 13.8 Å². The first-order chi connectivity index (χ1) is 13.1. The summed E-state index contributed by atoms with van der Waals surface area (Å²) >= 11 is 1.48. The molecule has 0 saturated carbocycles. The predicted molar refractivity (Wildman–Crippen MR) is 104 cm³/mol. The van der Waals surface area contributed by atoms with Gasteiger partial charge in [0.05, 0.1) is 21.5 Å². The molecule has 0 atom stereocenters. The molecule has 7 nitrogen and oxygen atoms in total. The fraction of sp³-hybridized carbons (Fsp3) is 0.105. The molecule has 0 aliphatic carbocycles. The van der Waals surface area contributed by atoms with Gasteiger partial charge in [0.1, 0.15) is 6.33 Å². The first-order valence-electron chi connectivity index (χ1n) is 8.37. The van der Waals surface area contributed by atoms with Crippen molar-refractivity contribution < 1.29 is 0 Å². The van der Waals surface area contributed by atoms with Crippen LogP contribution in [0.15, 0.2) is 53.8 Å². The Labute approximate surface area is 157 Å². The van der Waals surface area contributed by atoms with Gasteiger partial charge in [0.25, 0.3) is 11.3 Å². The van der Waals surface area contributed by atoms with E-state index in [1.54, 1.807) is 21.5 Å². The highest BCUT2D eigenvalue weighted by Gasteiger charge is 2.15. The van der Waals surface area contributed by atoms with Crippen molar-refractivity contribution in [3.05, 3.63) is 70.7 Å². The molecule has 132 valence electrons. The number of fused-ring (bicyclic) bond motifs is 3. The van der Waals surface area contributed by atoms with Crippen LogP contribution >= 0.6 is 11.3 Å². The first kappa shape index (κ1) is 15.8. The van der Waals surface area contributed by atoms with Crippen molar-refractivity contribution in [2.45, 2.75) is 13.8 Å². The van der Waals surface area contributed by atoms with E-state index >= 15 is 0 Å². The summed E-state index contributed by atoms with van der Waals surface area (Å²) in [6.45, 7) is 3.86. The number of thiazole rings is 1.